The van der Waals surface area contributed by atoms with Crippen LogP contribution in [0.15, 0.2) is 34.9 Å². The number of thiol groups is 1. The molecule has 3 N–H and O–H groups in total. The van der Waals surface area contributed by atoms with Gasteiger partial charge in [-0.3, -0.25) is 19.7 Å². The number of ketones is 1. The Balaban J connectivity index is 1.78. The summed E-state index contributed by atoms with van der Waals surface area (Å²) in [7, 11) is 0. The molecule has 0 aromatic heterocycles. The third kappa shape index (κ3) is 3.28. The first-order chi connectivity index (χ1) is 13.1. The zero-order valence-corrected chi connectivity index (χ0v) is 15.2. The number of nitrogens with zero attached hydrogens (tertiary/aromatic N) is 2. The number of rotatable bonds is 7. The monoisotopic (exact) mass is 408 g/mol. The summed E-state index contributed by atoms with van der Waals surface area (Å²) in [5.41, 5.74) is -0.00147. The lowest BCUT2D eigenvalue weighted by atomic mass is 9.74. The fourth-order valence-corrected chi connectivity index (χ4v) is 4.11. The molecular weight excluding hydrogens is 392 g/mol. The van der Waals surface area contributed by atoms with Gasteiger partial charge in [-0.25, -0.2) is 4.79 Å². The summed E-state index contributed by atoms with van der Waals surface area (Å²) in [5.74, 6) is -5.16. The number of β-lactam (4-membered cyclic amide) rings is 1. The molecule has 0 spiro atoms. The molecule has 0 bridgehead atoms. The minimum atomic E-state index is -2.11. The van der Waals surface area contributed by atoms with Crippen molar-refractivity contribution in [1.82, 2.24) is 4.90 Å². The number of carbonyl (C=O) groups excluding carboxylic acids is 2. The van der Waals surface area contributed by atoms with Crippen LogP contribution < -0.4 is 0 Å². The van der Waals surface area contributed by atoms with Crippen molar-refractivity contribution in [1.29, 1.82) is 0 Å². The first-order valence-corrected chi connectivity index (χ1v) is 8.68. The summed E-state index contributed by atoms with van der Waals surface area (Å²) in [6.45, 7) is 0. The SMILES string of the molecule is O=C(O)C1=C(S)CC2C(C(C(=O)Cc3ccc([N+](=O)[O-])cc3)C(O)O)C(=O)N12. The molecule has 1 aromatic rings. The molecule has 11 heteroatoms. The minimum Gasteiger partial charge on any atom is -0.477 e. The Morgan fingerprint density at radius 3 is 2.39 bits per heavy atom. The number of aliphatic hydroxyl groups is 2. The van der Waals surface area contributed by atoms with E-state index in [9.17, 15) is 39.8 Å². The predicted molar refractivity (Wildman–Crippen MR) is 95.9 cm³/mol. The molecule has 0 aliphatic carbocycles. The molecule has 0 radical (unpaired) electrons. The summed E-state index contributed by atoms with van der Waals surface area (Å²) in [6, 6.07) is 4.50. The van der Waals surface area contributed by atoms with Crippen LogP contribution in [-0.4, -0.2) is 55.1 Å². The Labute approximate surface area is 163 Å². The van der Waals surface area contributed by atoms with Gasteiger partial charge in [0.05, 0.1) is 22.8 Å². The standard InChI is InChI=1S/C17H16N2O8S/c20-10(5-7-1-3-8(4-2-7)19(26)27)13(16(22)23)12-9-6-11(28)14(17(24)25)18(9)15(12)21/h1-4,9,12-13,16,22-23,28H,5-6H2,(H,24,25). The topological polar surface area (TPSA) is 158 Å². The summed E-state index contributed by atoms with van der Waals surface area (Å²) in [5, 5.41) is 39.3. The van der Waals surface area contributed by atoms with E-state index in [1.807, 2.05) is 0 Å². The highest BCUT2D eigenvalue weighted by molar-refractivity contribution is 7.84. The molecule has 3 rings (SSSR count). The van der Waals surface area contributed by atoms with Crippen molar-refractivity contribution in [2.45, 2.75) is 25.2 Å². The zero-order valence-electron chi connectivity index (χ0n) is 14.3. The van der Waals surface area contributed by atoms with Crippen LogP contribution in [0.1, 0.15) is 12.0 Å². The van der Waals surface area contributed by atoms with E-state index >= 15 is 0 Å². The summed E-state index contributed by atoms with van der Waals surface area (Å²) in [6.07, 6.45) is -2.27. The van der Waals surface area contributed by atoms with E-state index < -0.39 is 46.8 Å². The van der Waals surface area contributed by atoms with Gasteiger partial charge in [-0.2, -0.15) is 0 Å². The van der Waals surface area contributed by atoms with Crippen molar-refractivity contribution < 1.29 is 34.6 Å². The Kier molecular flexibility index (Phi) is 5.24. The summed E-state index contributed by atoms with van der Waals surface area (Å²) < 4.78 is 0. The molecule has 148 valence electrons. The maximum atomic E-state index is 12.7. The van der Waals surface area contributed by atoms with Gasteiger partial charge in [-0.1, -0.05) is 12.1 Å². The van der Waals surface area contributed by atoms with E-state index in [1.54, 1.807) is 0 Å². The molecule has 0 saturated carbocycles. The van der Waals surface area contributed by atoms with Gasteiger partial charge in [0.15, 0.2) is 6.29 Å². The number of nitro groups is 1. The largest absolute Gasteiger partial charge is 0.477 e. The van der Waals surface area contributed by atoms with Crippen molar-refractivity contribution >= 4 is 36.0 Å². The Morgan fingerprint density at radius 1 is 1.29 bits per heavy atom. The second-order valence-electron chi connectivity index (χ2n) is 6.61. The van der Waals surface area contributed by atoms with Crippen molar-refractivity contribution in [2.24, 2.45) is 11.8 Å². The maximum Gasteiger partial charge on any atom is 0.353 e. The number of carboxylic acid groups (broad SMARTS) is 1. The number of hydrogen-bond donors (Lipinski definition) is 4. The van der Waals surface area contributed by atoms with Crippen LogP contribution in [0.25, 0.3) is 0 Å². The Morgan fingerprint density at radius 2 is 1.89 bits per heavy atom. The third-order valence-corrected chi connectivity index (χ3v) is 5.39. The van der Waals surface area contributed by atoms with Gasteiger partial charge in [0.2, 0.25) is 5.91 Å². The van der Waals surface area contributed by atoms with Crippen molar-refractivity contribution in [3.05, 3.63) is 50.5 Å². The fraction of sp³-hybridized carbons (Fsp3) is 0.353. The number of carbonyl (C=O) groups is 3. The van der Waals surface area contributed by atoms with Gasteiger partial charge in [-0.15, -0.1) is 12.6 Å². The molecular formula is C17H16N2O8S. The van der Waals surface area contributed by atoms with Crippen LogP contribution in [0, 0.1) is 22.0 Å². The first kappa shape index (κ1) is 20.0. The van der Waals surface area contributed by atoms with E-state index in [1.165, 1.54) is 24.3 Å². The number of carboxylic acids is 1. The lowest BCUT2D eigenvalue weighted by Gasteiger charge is -2.46. The van der Waals surface area contributed by atoms with Gasteiger partial charge in [0, 0.05) is 29.9 Å². The molecule has 1 amide bonds. The molecule has 28 heavy (non-hydrogen) atoms. The highest BCUT2D eigenvalue weighted by Gasteiger charge is 2.59. The molecule has 1 saturated heterocycles. The van der Waals surface area contributed by atoms with E-state index in [4.69, 9.17) is 0 Å². The zero-order chi connectivity index (χ0) is 20.7. The average molecular weight is 408 g/mol. The maximum absolute atomic E-state index is 12.7. The van der Waals surface area contributed by atoms with E-state index in [-0.39, 0.29) is 29.1 Å². The van der Waals surface area contributed by atoms with Crippen LogP contribution in [-0.2, 0) is 20.8 Å². The number of aliphatic carboxylic acids is 1. The predicted octanol–water partition coefficient (Wildman–Crippen LogP) is 0.0900. The van der Waals surface area contributed by atoms with Crippen LogP contribution in [0.2, 0.25) is 0 Å². The smallest absolute Gasteiger partial charge is 0.353 e. The van der Waals surface area contributed by atoms with E-state index in [0.717, 1.165) is 4.90 Å². The van der Waals surface area contributed by atoms with Gasteiger partial charge in [-0.05, 0) is 5.56 Å². The molecule has 2 aliphatic rings. The Bertz CT molecular complexity index is 895. The number of fused-ring (bicyclic) bond motifs is 1. The highest BCUT2D eigenvalue weighted by Crippen LogP contribution is 2.47. The quantitative estimate of drug-likeness (QED) is 0.162. The average Bonchev–Trinajstić information content (AvgIpc) is 2.92. The fourth-order valence-electron chi connectivity index (χ4n) is 3.72. The first-order valence-electron chi connectivity index (χ1n) is 8.24. The van der Waals surface area contributed by atoms with Crippen LogP contribution in [0.3, 0.4) is 0 Å². The van der Waals surface area contributed by atoms with Crippen molar-refractivity contribution in [3.8, 4) is 0 Å². The number of nitro benzene ring substituents is 1. The second-order valence-corrected chi connectivity index (χ2v) is 7.15. The highest BCUT2D eigenvalue weighted by atomic mass is 32.1. The van der Waals surface area contributed by atoms with Crippen LogP contribution in [0.4, 0.5) is 5.69 Å². The minimum absolute atomic E-state index is 0.106. The van der Waals surface area contributed by atoms with Gasteiger partial charge >= 0.3 is 5.97 Å². The lowest BCUT2D eigenvalue weighted by molar-refractivity contribution is -0.384. The molecule has 2 heterocycles. The van der Waals surface area contributed by atoms with Crippen LogP contribution in [0.5, 0.6) is 0 Å². The Hall–Kier alpha value is -2.76. The normalized spacial score (nSPS) is 22.1. The number of aliphatic hydroxyl groups excluding tert-OH is 1. The summed E-state index contributed by atoms with van der Waals surface area (Å²) in [4.78, 5) is 47.7. The number of Topliss-reactive ketones (excluding diaryl/α,β-unsaturated/α-hetero) is 1. The number of hydrogen-bond acceptors (Lipinski definition) is 8. The molecule has 3 unspecified atom stereocenters. The van der Waals surface area contributed by atoms with Crippen LogP contribution >= 0.6 is 12.6 Å². The molecule has 1 fully saturated rings. The number of benzene rings is 1. The van der Waals surface area contributed by atoms with Crippen molar-refractivity contribution in [3.63, 3.8) is 0 Å². The number of amides is 1. The van der Waals surface area contributed by atoms with E-state index in [0.29, 0.717) is 5.56 Å². The molecule has 1 aromatic carbocycles. The van der Waals surface area contributed by atoms with Gasteiger partial charge in [0.25, 0.3) is 5.69 Å². The molecule has 10 nitrogen and oxygen atoms in total. The van der Waals surface area contributed by atoms with Crippen molar-refractivity contribution in [2.75, 3.05) is 0 Å². The van der Waals surface area contributed by atoms with E-state index in [2.05, 4.69) is 12.6 Å². The lowest BCUT2D eigenvalue weighted by Crippen LogP contribution is -2.63. The second kappa shape index (κ2) is 7.34. The molecule has 3 atom stereocenters. The third-order valence-electron chi connectivity index (χ3n) is 4.99. The summed E-state index contributed by atoms with van der Waals surface area (Å²) >= 11 is 4.08. The molecule has 2 aliphatic heterocycles. The van der Waals surface area contributed by atoms with Gasteiger partial charge < -0.3 is 20.2 Å². The van der Waals surface area contributed by atoms with Gasteiger partial charge in [0.1, 0.15) is 11.5 Å². The number of non-ortho nitro benzene ring substituents is 1.